The predicted molar refractivity (Wildman–Crippen MR) is 194 cm³/mol. The van der Waals surface area contributed by atoms with E-state index in [0.717, 1.165) is 69.1 Å². The first-order valence-electron chi connectivity index (χ1n) is 18.2. The Morgan fingerprint density at radius 1 is 0.816 bits per heavy atom. The first kappa shape index (κ1) is 36.6. The van der Waals surface area contributed by atoms with E-state index in [9.17, 15) is 4.79 Å². The van der Waals surface area contributed by atoms with Crippen LogP contribution in [0.3, 0.4) is 0 Å². The molecule has 2 saturated heterocycles. The van der Waals surface area contributed by atoms with Crippen LogP contribution >= 0.6 is 0 Å². The molecule has 0 saturated carbocycles. The molecule has 3 heterocycles. The number of carbonyl (C=O) groups is 1. The minimum absolute atomic E-state index is 0.0715. The summed E-state index contributed by atoms with van der Waals surface area (Å²) < 4.78 is 10.9. The van der Waals surface area contributed by atoms with Crippen molar-refractivity contribution in [1.29, 1.82) is 0 Å². The molecule has 262 valence electrons. The number of aliphatic hydroxyl groups is 1. The van der Waals surface area contributed by atoms with Crippen LogP contribution in [0.25, 0.3) is 0 Å². The highest BCUT2D eigenvalue weighted by Gasteiger charge is 2.41. The molecule has 2 aliphatic rings. The molecule has 2 aliphatic heterocycles. The second-order valence-electron chi connectivity index (χ2n) is 13.2. The lowest BCUT2D eigenvalue weighted by Crippen LogP contribution is -2.47. The van der Waals surface area contributed by atoms with Gasteiger partial charge in [-0.05, 0) is 68.6 Å². The van der Waals surface area contributed by atoms with Crippen molar-refractivity contribution in [3.05, 3.63) is 119 Å². The minimum Gasteiger partial charge on any atom is -0.394 e. The number of ether oxygens (including phenoxy) is 1. The number of rotatable bonds is 15. The Labute approximate surface area is 292 Å². The number of carbonyl (C=O) groups excluding carboxylic acids is 1. The van der Waals surface area contributed by atoms with Gasteiger partial charge in [-0.3, -0.25) is 4.79 Å². The third kappa shape index (κ3) is 10.6. The number of nitrogens with zero attached hydrogens (tertiary/aromatic N) is 4. The van der Waals surface area contributed by atoms with Crippen LogP contribution in [0.4, 0.5) is 0 Å². The molecule has 0 atom stereocenters. The van der Waals surface area contributed by atoms with Gasteiger partial charge in [0.15, 0.2) is 5.82 Å². The Morgan fingerprint density at radius 2 is 1.41 bits per heavy atom. The number of likely N-dealkylation sites (tertiary alicyclic amines) is 2. The van der Waals surface area contributed by atoms with Crippen LogP contribution in [-0.2, 0) is 27.8 Å². The molecule has 0 unspecified atom stereocenters. The number of hydrogen-bond donors (Lipinski definition) is 1. The van der Waals surface area contributed by atoms with Crippen LogP contribution in [0.15, 0.2) is 95.5 Å². The fraction of sp³-hybridized carbons (Fsp3) is 0.488. The van der Waals surface area contributed by atoms with Crippen LogP contribution in [0, 0.1) is 0 Å². The van der Waals surface area contributed by atoms with Gasteiger partial charge in [-0.1, -0.05) is 109 Å². The van der Waals surface area contributed by atoms with Crippen molar-refractivity contribution < 1.29 is 19.2 Å². The molecule has 2 fully saturated rings. The molecule has 0 amide bonds. The summed E-state index contributed by atoms with van der Waals surface area (Å²) in [5, 5.41) is 13.0. The molecule has 49 heavy (non-hydrogen) atoms. The number of piperidine rings is 2. The third-order valence-corrected chi connectivity index (χ3v) is 10.1. The molecule has 1 aromatic heterocycles. The van der Waals surface area contributed by atoms with Crippen LogP contribution in [0.2, 0.25) is 0 Å². The van der Waals surface area contributed by atoms with Crippen molar-refractivity contribution in [1.82, 2.24) is 19.9 Å². The zero-order valence-electron chi connectivity index (χ0n) is 29.2. The maximum absolute atomic E-state index is 12.6. The third-order valence-electron chi connectivity index (χ3n) is 10.1. The minimum atomic E-state index is -0.307. The lowest BCUT2D eigenvalue weighted by molar-refractivity contribution is -0.126. The molecule has 0 aliphatic carbocycles. The van der Waals surface area contributed by atoms with Crippen LogP contribution in [0.1, 0.15) is 79.8 Å². The van der Waals surface area contributed by atoms with Gasteiger partial charge >= 0.3 is 0 Å². The van der Waals surface area contributed by atoms with E-state index >= 15 is 0 Å². The maximum atomic E-state index is 12.6. The van der Waals surface area contributed by atoms with Crippen LogP contribution < -0.4 is 0 Å². The summed E-state index contributed by atoms with van der Waals surface area (Å²) in [6.45, 7) is 9.19. The highest BCUT2D eigenvalue weighted by molar-refractivity contribution is 5.90. The molecular formula is C41H54N4O4. The molecule has 4 aromatic rings. The number of benzene rings is 3. The molecule has 0 spiro atoms. The summed E-state index contributed by atoms with van der Waals surface area (Å²) in [4.78, 5) is 22.2. The first-order valence-corrected chi connectivity index (χ1v) is 18.2. The van der Waals surface area contributed by atoms with Gasteiger partial charge in [0, 0.05) is 38.3 Å². The van der Waals surface area contributed by atoms with E-state index in [-0.39, 0.29) is 17.9 Å². The van der Waals surface area contributed by atoms with E-state index in [2.05, 4.69) is 92.7 Å². The van der Waals surface area contributed by atoms with Gasteiger partial charge in [0.1, 0.15) is 5.78 Å². The van der Waals surface area contributed by atoms with Gasteiger partial charge in [-0.25, -0.2) is 0 Å². The van der Waals surface area contributed by atoms with Gasteiger partial charge in [-0.2, -0.15) is 4.98 Å². The predicted octanol–water partition coefficient (Wildman–Crippen LogP) is 6.48. The van der Waals surface area contributed by atoms with E-state index in [1.807, 2.05) is 25.1 Å². The van der Waals surface area contributed by atoms with Crippen molar-refractivity contribution in [2.75, 3.05) is 59.1 Å². The average Bonchev–Trinajstić information content (AvgIpc) is 3.64. The highest BCUT2D eigenvalue weighted by atomic mass is 16.5. The molecule has 8 heteroatoms. The van der Waals surface area contributed by atoms with Crippen molar-refractivity contribution in [2.24, 2.45) is 0 Å². The lowest BCUT2D eigenvalue weighted by Gasteiger charge is -2.41. The second-order valence-corrected chi connectivity index (χ2v) is 13.2. The zero-order chi connectivity index (χ0) is 34.2. The van der Waals surface area contributed by atoms with Gasteiger partial charge in [0.05, 0.1) is 25.2 Å². The number of ketones is 1. The number of aromatic nitrogens is 2. The van der Waals surface area contributed by atoms with Gasteiger partial charge in [0.25, 0.3) is 0 Å². The zero-order valence-corrected chi connectivity index (χ0v) is 29.2. The maximum Gasteiger partial charge on any atom is 0.227 e. The molecule has 1 N–H and O–H groups in total. The summed E-state index contributed by atoms with van der Waals surface area (Å²) >= 11 is 0. The normalized spacial score (nSPS) is 16.6. The average molecular weight is 667 g/mol. The van der Waals surface area contributed by atoms with Crippen molar-refractivity contribution in [2.45, 2.75) is 69.6 Å². The summed E-state index contributed by atoms with van der Waals surface area (Å²) in [5.41, 5.74) is 3.42. The summed E-state index contributed by atoms with van der Waals surface area (Å²) in [6.07, 6.45) is 7.93. The highest BCUT2D eigenvalue weighted by Crippen LogP contribution is 2.37. The molecular weight excluding hydrogens is 612 g/mol. The Balaban J connectivity index is 0.000000196. The summed E-state index contributed by atoms with van der Waals surface area (Å²) in [6, 6.07) is 31.4. The van der Waals surface area contributed by atoms with Crippen molar-refractivity contribution in [3.63, 3.8) is 0 Å². The molecule has 0 radical (unpaired) electrons. The Morgan fingerprint density at radius 3 is 2.00 bits per heavy atom. The Hall–Kier alpha value is -3.69. The number of Topliss-reactive ketones (excluding diaryl/α,β-unsaturated/α-hetero) is 1. The monoisotopic (exact) mass is 666 g/mol. The standard InChI is InChI=1S/C23H27N3O.C18H27NO3/c1-4-10-19(11-5-1)21(20-12-6-2-7-13-20)18-22-24-23(27-25-22)14-17-26-15-8-3-9-16-26;1-2-17(21)18(16-6-4-3-5-7-16)8-10-19(11-9-18)12-14-22-15-13-20/h1-2,4-7,10-13,21H,3,8-9,14-18H2;3-7,20H,2,8-15H2,1H3. The topological polar surface area (TPSA) is 91.9 Å². The van der Waals surface area contributed by atoms with E-state index < -0.39 is 0 Å². The van der Waals surface area contributed by atoms with Gasteiger partial charge in [0.2, 0.25) is 5.89 Å². The van der Waals surface area contributed by atoms with E-state index in [1.54, 1.807) is 0 Å². The first-order chi connectivity index (χ1) is 24.1. The van der Waals surface area contributed by atoms with E-state index in [4.69, 9.17) is 14.4 Å². The fourth-order valence-corrected chi connectivity index (χ4v) is 7.24. The summed E-state index contributed by atoms with van der Waals surface area (Å²) in [7, 11) is 0. The van der Waals surface area contributed by atoms with E-state index in [1.165, 1.54) is 43.5 Å². The quantitative estimate of drug-likeness (QED) is 0.144. The second kappa shape index (κ2) is 19.5. The van der Waals surface area contributed by atoms with Gasteiger partial charge in [-0.15, -0.1) is 0 Å². The van der Waals surface area contributed by atoms with Crippen LogP contribution in [-0.4, -0.2) is 89.9 Å². The Kier molecular flexibility index (Phi) is 14.5. The Bertz CT molecular complexity index is 1440. The fourth-order valence-electron chi connectivity index (χ4n) is 7.24. The largest absolute Gasteiger partial charge is 0.394 e. The summed E-state index contributed by atoms with van der Waals surface area (Å²) in [5.74, 6) is 2.15. The van der Waals surface area contributed by atoms with Gasteiger partial charge < -0.3 is 24.2 Å². The lowest BCUT2D eigenvalue weighted by atomic mass is 9.69. The van der Waals surface area contributed by atoms with E-state index in [0.29, 0.717) is 25.4 Å². The molecule has 8 nitrogen and oxygen atoms in total. The van der Waals surface area contributed by atoms with Crippen LogP contribution in [0.5, 0.6) is 0 Å². The van der Waals surface area contributed by atoms with Crippen molar-refractivity contribution in [3.8, 4) is 0 Å². The molecule has 3 aromatic carbocycles. The number of hydrogen-bond acceptors (Lipinski definition) is 8. The number of aliphatic hydroxyl groups excluding tert-OH is 1. The SMILES string of the molecule is CCC(=O)C1(c2ccccc2)CCN(CCOCCO)CC1.c1ccc(C(Cc2noc(CCN3CCCCC3)n2)c2ccccc2)cc1. The van der Waals surface area contributed by atoms with Crippen molar-refractivity contribution >= 4 is 5.78 Å². The molecule has 6 rings (SSSR count). The molecule has 0 bridgehead atoms. The smallest absolute Gasteiger partial charge is 0.227 e.